The Morgan fingerprint density at radius 1 is 1.15 bits per heavy atom. The van der Waals surface area contributed by atoms with E-state index in [-0.39, 0.29) is 18.9 Å². The van der Waals surface area contributed by atoms with Crippen LogP contribution in [-0.2, 0) is 0 Å². The van der Waals surface area contributed by atoms with Crippen molar-refractivity contribution >= 4 is 5.97 Å². The van der Waals surface area contributed by atoms with E-state index in [2.05, 4.69) is 0 Å². The van der Waals surface area contributed by atoms with Crippen molar-refractivity contribution < 1.29 is 44.1 Å². The maximum absolute atomic E-state index is 10.2. The number of carboxylic acid groups (broad SMARTS) is 1. The van der Waals surface area contributed by atoms with Crippen molar-refractivity contribution in [2.75, 3.05) is 0 Å². The fourth-order valence-electron chi connectivity index (χ4n) is 0.722. The van der Waals surface area contributed by atoms with Gasteiger partial charge in [0.25, 0.3) is 0 Å². The number of aromatic carboxylic acids is 1. The zero-order chi connectivity index (χ0) is 9.30. The van der Waals surface area contributed by atoms with Crippen molar-refractivity contribution in [3.63, 3.8) is 0 Å². The number of carbonyl (C=O) groups is 1. The quantitative estimate of drug-likeness (QED) is 0.300. The number of benzene rings is 1. The van der Waals surface area contributed by atoms with Crippen molar-refractivity contribution in [2.24, 2.45) is 0 Å². The van der Waals surface area contributed by atoms with Crippen LogP contribution in [0.3, 0.4) is 0 Å². The van der Waals surface area contributed by atoms with E-state index in [1.165, 1.54) is 0 Å². The van der Waals surface area contributed by atoms with Gasteiger partial charge in [-0.15, -0.1) is 0 Å². The predicted molar refractivity (Wildman–Crippen MR) is 35.8 cm³/mol. The Morgan fingerprint density at radius 3 is 1.85 bits per heavy atom. The van der Waals surface area contributed by atoms with Crippen LogP contribution in [0.15, 0.2) is 12.1 Å². The van der Waals surface area contributed by atoms with Crippen molar-refractivity contribution in [2.45, 2.75) is 0 Å². The van der Waals surface area contributed by atoms with Crippen molar-refractivity contribution in [3.05, 3.63) is 17.7 Å². The van der Waals surface area contributed by atoms with Crippen LogP contribution in [0.1, 0.15) is 10.4 Å². The van der Waals surface area contributed by atoms with Crippen molar-refractivity contribution in [1.29, 1.82) is 0 Å². The fraction of sp³-hybridized carbons (Fsp3) is 0. The topological polar surface area (TPSA) is 101 Å². The number of hydrogen-bond acceptors (Lipinski definition) is 5. The van der Waals surface area contributed by atoms with Crippen LogP contribution in [-0.4, -0.2) is 21.3 Å². The van der Waals surface area contributed by atoms with Gasteiger partial charge < -0.3 is 25.2 Å². The Hall–Kier alpha value is -1.31. The smallest absolute Gasteiger partial charge is 0.545 e. The zero-order valence-electron chi connectivity index (χ0n) is 6.81. The summed E-state index contributed by atoms with van der Waals surface area (Å²) in [5.74, 6) is -3.69. The third-order valence-electron chi connectivity index (χ3n) is 1.31. The summed E-state index contributed by atoms with van der Waals surface area (Å²) in [5.41, 5.74) is -0.400. The molecule has 0 unspecified atom stereocenters. The van der Waals surface area contributed by atoms with Gasteiger partial charge >= 0.3 is 18.9 Å². The molecule has 0 spiro atoms. The molecule has 3 N–H and O–H groups in total. The third kappa shape index (κ3) is 2.31. The van der Waals surface area contributed by atoms with E-state index in [0.29, 0.717) is 0 Å². The first-order chi connectivity index (χ1) is 5.52. The van der Waals surface area contributed by atoms with Gasteiger partial charge in [-0.25, -0.2) is 0 Å². The Bertz CT molecular complexity index is 313. The number of carbonyl (C=O) groups excluding carboxylic acids is 1. The molecule has 1 aromatic carbocycles. The van der Waals surface area contributed by atoms with E-state index in [1.54, 1.807) is 0 Å². The molecule has 0 aliphatic carbocycles. The van der Waals surface area contributed by atoms with E-state index in [0.717, 1.165) is 12.1 Å². The van der Waals surface area contributed by atoms with Crippen LogP contribution < -0.4 is 24.0 Å². The normalized spacial score (nSPS) is 8.92. The Kier molecular flexibility index (Phi) is 3.66. The zero-order valence-corrected chi connectivity index (χ0v) is 6.81. The van der Waals surface area contributed by atoms with Gasteiger partial charge in [0.15, 0.2) is 17.2 Å². The average Bonchev–Trinajstić information content (AvgIpc) is 1.99. The van der Waals surface area contributed by atoms with E-state index < -0.39 is 28.8 Å². The number of aromatic hydroxyl groups is 3. The molecule has 0 amide bonds. The Balaban J connectivity index is 0.00000144. The first-order valence-corrected chi connectivity index (χ1v) is 2.98. The van der Waals surface area contributed by atoms with Gasteiger partial charge in [-0.05, 0) is 12.1 Å². The third-order valence-corrected chi connectivity index (χ3v) is 1.31. The standard InChI is InChI=1S/C7H6O5.Li/c8-4-1-3(7(11)12)2-5(9)6(4)10;/h1-2,8-10H,(H,11,12);/q;+1/p-1. The molecule has 0 saturated heterocycles. The SMILES string of the molecule is O=C([O-])c1cc(O)c(O)c(O)c1.[Li+]. The molecule has 0 fully saturated rings. The summed E-state index contributed by atoms with van der Waals surface area (Å²) in [6, 6.07) is 1.56. The van der Waals surface area contributed by atoms with Crippen LogP contribution in [0, 0.1) is 0 Å². The molecule has 0 aliphatic rings. The molecule has 0 heterocycles. The molecule has 0 aliphatic heterocycles. The molecule has 5 nitrogen and oxygen atoms in total. The molecule has 1 rings (SSSR count). The molecule has 0 radical (unpaired) electrons. The second-order valence-corrected chi connectivity index (χ2v) is 2.15. The average molecular weight is 176 g/mol. The number of hydrogen-bond donors (Lipinski definition) is 3. The van der Waals surface area contributed by atoms with Crippen LogP contribution in [0.25, 0.3) is 0 Å². The molecule has 6 heteroatoms. The number of carboxylic acids is 1. The van der Waals surface area contributed by atoms with Gasteiger partial charge in [0.2, 0.25) is 0 Å². The van der Waals surface area contributed by atoms with Gasteiger partial charge in [-0.1, -0.05) is 0 Å². The largest absolute Gasteiger partial charge is 1.00 e. The molecule has 0 atom stereocenters. The molecular formula is C7H5LiO5. The van der Waals surface area contributed by atoms with Crippen LogP contribution >= 0.6 is 0 Å². The molecule has 0 saturated carbocycles. The first kappa shape index (κ1) is 11.7. The monoisotopic (exact) mass is 176 g/mol. The summed E-state index contributed by atoms with van der Waals surface area (Å²) >= 11 is 0. The summed E-state index contributed by atoms with van der Waals surface area (Å²) in [5, 5.41) is 36.7. The maximum atomic E-state index is 10.2. The number of rotatable bonds is 1. The molecule has 64 valence electrons. The predicted octanol–water partition coefficient (Wildman–Crippen LogP) is -3.83. The van der Waals surface area contributed by atoms with E-state index in [1.807, 2.05) is 0 Å². The van der Waals surface area contributed by atoms with Crippen LogP contribution in [0.2, 0.25) is 0 Å². The minimum atomic E-state index is -1.54. The van der Waals surface area contributed by atoms with Crippen molar-refractivity contribution in [3.8, 4) is 17.2 Å². The Labute approximate surface area is 85.4 Å². The summed E-state index contributed by atoms with van der Waals surface area (Å²) in [7, 11) is 0. The second kappa shape index (κ2) is 4.08. The summed E-state index contributed by atoms with van der Waals surface area (Å²) < 4.78 is 0. The van der Waals surface area contributed by atoms with Gasteiger partial charge in [-0.2, -0.15) is 0 Å². The van der Waals surface area contributed by atoms with Crippen LogP contribution in [0.5, 0.6) is 17.2 Å². The molecule has 0 bridgehead atoms. The second-order valence-electron chi connectivity index (χ2n) is 2.15. The van der Waals surface area contributed by atoms with Crippen molar-refractivity contribution in [1.82, 2.24) is 0 Å². The first-order valence-electron chi connectivity index (χ1n) is 2.98. The van der Waals surface area contributed by atoms with Crippen LogP contribution in [0.4, 0.5) is 0 Å². The van der Waals surface area contributed by atoms with Gasteiger partial charge in [0, 0.05) is 5.56 Å². The van der Waals surface area contributed by atoms with Gasteiger partial charge in [0.1, 0.15) is 0 Å². The molecular weight excluding hydrogens is 171 g/mol. The minimum absolute atomic E-state index is 0. The van der Waals surface area contributed by atoms with E-state index in [9.17, 15) is 9.90 Å². The van der Waals surface area contributed by atoms with Gasteiger partial charge in [0.05, 0.1) is 5.97 Å². The molecule has 13 heavy (non-hydrogen) atoms. The van der Waals surface area contributed by atoms with Gasteiger partial charge in [-0.3, -0.25) is 0 Å². The Morgan fingerprint density at radius 2 is 1.54 bits per heavy atom. The minimum Gasteiger partial charge on any atom is -0.545 e. The van der Waals surface area contributed by atoms with E-state index >= 15 is 0 Å². The number of phenols is 3. The number of phenolic OH excluding ortho intramolecular Hbond substituents is 3. The summed E-state index contributed by atoms with van der Waals surface area (Å²) in [6.45, 7) is 0. The molecule has 0 aromatic heterocycles. The fourth-order valence-corrected chi connectivity index (χ4v) is 0.722. The maximum Gasteiger partial charge on any atom is 1.00 e. The molecule has 1 aromatic rings. The summed E-state index contributed by atoms with van der Waals surface area (Å²) in [6.07, 6.45) is 0. The summed E-state index contributed by atoms with van der Waals surface area (Å²) in [4.78, 5) is 10.2. The van der Waals surface area contributed by atoms with E-state index in [4.69, 9.17) is 15.3 Å².